The van der Waals surface area contributed by atoms with Crippen molar-refractivity contribution in [2.75, 3.05) is 19.8 Å². The average molecular weight is 225 g/mol. The lowest BCUT2D eigenvalue weighted by atomic mass is 10.4. The van der Waals surface area contributed by atoms with Crippen molar-refractivity contribution in [2.24, 2.45) is 0 Å². The number of hydrogen-bond donors (Lipinski definition) is 0. The monoisotopic (exact) mass is 225 g/mol. The molecule has 1 heterocycles. The standard InChI is InChI=1S/C10H12FN3O2/c1-2-15-4-3-5-16-10-8(6-12)14-9(11)7-13-10/h7H,2-5H2,1H3. The van der Waals surface area contributed by atoms with Gasteiger partial charge in [-0.15, -0.1) is 0 Å². The second-order valence-electron chi connectivity index (χ2n) is 2.86. The van der Waals surface area contributed by atoms with E-state index in [-0.39, 0.29) is 11.6 Å². The molecule has 0 aliphatic heterocycles. The molecule has 0 aromatic carbocycles. The van der Waals surface area contributed by atoms with E-state index in [1.807, 2.05) is 6.92 Å². The third kappa shape index (κ3) is 3.79. The lowest BCUT2D eigenvalue weighted by Gasteiger charge is -2.05. The van der Waals surface area contributed by atoms with Gasteiger partial charge in [0.1, 0.15) is 6.07 Å². The van der Waals surface area contributed by atoms with Crippen LogP contribution in [-0.4, -0.2) is 29.8 Å². The van der Waals surface area contributed by atoms with Gasteiger partial charge in [0.15, 0.2) is 0 Å². The average Bonchev–Trinajstić information content (AvgIpc) is 2.30. The fourth-order valence-electron chi connectivity index (χ4n) is 1.01. The minimum absolute atomic E-state index is 0.0559. The second kappa shape index (κ2) is 6.69. The van der Waals surface area contributed by atoms with E-state index in [1.165, 1.54) is 0 Å². The highest BCUT2D eigenvalue weighted by Gasteiger charge is 2.07. The van der Waals surface area contributed by atoms with Crippen LogP contribution >= 0.6 is 0 Å². The predicted molar refractivity (Wildman–Crippen MR) is 53.3 cm³/mol. The van der Waals surface area contributed by atoms with Gasteiger partial charge in [-0.3, -0.25) is 0 Å². The number of aromatic nitrogens is 2. The Balaban J connectivity index is 2.45. The molecule has 0 aliphatic rings. The molecule has 16 heavy (non-hydrogen) atoms. The van der Waals surface area contributed by atoms with Crippen LogP contribution in [0.25, 0.3) is 0 Å². The molecule has 5 nitrogen and oxygen atoms in total. The molecule has 1 rings (SSSR count). The van der Waals surface area contributed by atoms with Crippen LogP contribution in [0.5, 0.6) is 5.88 Å². The van der Waals surface area contributed by atoms with Gasteiger partial charge in [-0.1, -0.05) is 0 Å². The molecule has 1 aromatic rings. The molecule has 0 fully saturated rings. The van der Waals surface area contributed by atoms with E-state index in [9.17, 15) is 4.39 Å². The Morgan fingerprint density at radius 2 is 2.31 bits per heavy atom. The first kappa shape index (κ1) is 12.3. The maximum Gasteiger partial charge on any atom is 0.251 e. The van der Waals surface area contributed by atoms with Crippen molar-refractivity contribution in [3.8, 4) is 11.9 Å². The maximum atomic E-state index is 12.6. The van der Waals surface area contributed by atoms with Gasteiger partial charge in [-0.25, -0.2) is 9.97 Å². The lowest BCUT2D eigenvalue weighted by molar-refractivity contribution is 0.130. The molecule has 0 saturated carbocycles. The van der Waals surface area contributed by atoms with Gasteiger partial charge in [0.05, 0.1) is 12.8 Å². The number of rotatable bonds is 6. The van der Waals surface area contributed by atoms with Crippen LogP contribution in [0.4, 0.5) is 4.39 Å². The molecule has 0 amide bonds. The quantitative estimate of drug-likeness (QED) is 0.682. The first-order valence-corrected chi connectivity index (χ1v) is 4.91. The summed E-state index contributed by atoms with van der Waals surface area (Å²) in [6.45, 7) is 3.49. The summed E-state index contributed by atoms with van der Waals surface area (Å²) in [5, 5.41) is 8.66. The lowest BCUT2D eigenvalue weighted by Crippen LogP contribution is -2.06. The van der Waals surface area contributed by atoms with Gasteiger partial charge in [0.25, 0.3) is 5.88 Å². The van der Waals surface area contributed by atoms with Gasteiger partial charge in [-0.2, -0.15) is 9.65 Å². The minimum atomic E-state index is -0.793. The Bertz CT molecular complexity index is 379. The highest BCUT2D eigenvalue weighted by atomic mass is 19.1. The molecular weight excluding hydrogens is 213 g/mol. The Morgan fingerprint density at radius 1 is 1.50 bits per heavy atom. The summed E-state index contributed by atoms with van der Waals surface area (Å²) < 4.78 is 22.9. The number of nitriles is 1. The van der Waals surface area contributed by atoms with Crippen LogP contribution in [0.2, 0.25) is 0 Å². The van der Waals surface area contributed by atoms with Crippen molar-refractivity contribution in [2.45, 2.75) is 13.3 Å². The normalized spacial score (nSPS) is 9.81. The van der Waals surface area contributed by atoms with Crippen LogP contribution in [0.1, 0.15) is 19.0 Å². The topological polar surface area (TPSA) is 68.0 Å². The minimum Gasteiger partial charge on any atom is -0.476 e. The molecule has 0 spiro atoms. The Labute approximate surface area is 92.8 Å². The van der Waals surface area contributed by atoms with E-state index in [2.05, 4.69) is 9.97 Å². The van der Waals surface area contributed by atoms with Crippen molar-refractivity contribution in [1.82, 2.24) is 9.97 Å². The SMILES string of the molecule is CCOCCCOc1ncc(F)nc1C#N. The van der Waals surface area contributed by atoms with Crippen LogP contribution in [-0.2, 0) is 4.74 Å². The summed E-state index contributed by atoms with van der Waals surface area (Å²) in [7, 11) is 0. The molecule has 0 N–H and O–H groups in total. The summed E-state index contributed by atoms with van der Waals surface area (Å²) in [5.41, 5.74) is -0.142. The molecule has 0 unspecified atom stereocenters. The zero-order valence-electron chi connectivity index (χ0n) is 8.94. The molecule has 0 atom stereocenters. The maximum absolute atomic E-state index is 12.6. The molecule has 0 saturated heterocycles. The highest BCUT2D eigenvalue weighted by Crippen LogP contribution is 2.11. The van der Waals surface area contributed by atoms with Crippen molar-refractivity contribution >= 4 is 0 Å². The fraction of sp³-hybridized carbons (Fsp3) is 0.500. The summed E-state index contributed by atoms with van der Waals surface area (Å²) in [6, 6.07) is 1.72. The highest BCUT2D eigenvalue weighted by molar-refractivity contribution is 5.30. The second-order valence-corrected chi connectivity index (χ2v) is 2.86. The zero-order valence-corrected chi connectivity index (χ0v) is 8.94. The third-order valence-electron chi connectivity index (χ3n) is 1.69. The molecule has 0 radical (unpaired) electrons. The molecular formula is C10H12FN3O2. The van der Waals surface area contributed by atoms with Crippen LogP contribution in [0.3, 0.4) is 0 Å². The van der Waals surface area contributed by atoms with Gasteiger partial charge < -0.3 is 9.47 Å². The van der Waals surface area contributed by atoms with E-state index in [0.717, 1.165) is 6.20 Å². The van der Waals surface area contributed by atoms with E-state index < -0.39 is 5.95 Å². The zero-order chi connectivity index (χ0) is 11.8. The van der Waals surface area contributed by atoms with Crippen LogP contribution < -0.4 is 4.74 Å². The van der Waals surface area contributed by atoms with Crippen LogP contribution in [0.15, 0.2) is 6.20 Å². The van der Waals surface area contributed by atoms with Gasteiger partial charge in [-0.05, 0) is 6.92 Å². The van der Waals surface area contributed by atoms with Crippen LogP contribution in [0, 0.1) is 17.3 Å². The number of hydrogen-bond acceptors (Lipinski definition) is 5. The third-order valence-corrected chi connectivity index (χ3v) is 1.69. The Morgan fingerprint density at radius 3 is 3.00 bits per heavy atom. The number of ether oxygens (including phenoxy) is 2. The molecule has 0 bridgehead atoms. The van der Waals surface area contributed by atoms with Crippen molar-refractivity contribution in [1.29, 1.82) is 5.26 Å². The van der Waals surface area contributed by atoms with Gasteiger partial charge >= 0.3 is 0 Å². The fourth-order valence-corrected chi connectivity index (χ4v) is 1.01. The summed E-state index contributed by atoms with van der Waals surface area (Å²) >= 11 is 0. The van der Waals surface area contributed by atoms with Gasteiger partial charge in [0.2, 0.25) is 11.6 Å². The summed E-state index contributed by atoms with van der Waals surface area (Å²) in [5.74, 6) is -0.737. The first-order chi connectivity index (χ1) is 7.77. The van der Waals surface area contributed by atoms with E-state index >= 15 is 0 Å². The van der Waals surface area contributed by atoms with E-state index in [1.54, 1.807) is 6.07 Å². The van der Waals surface area contributed by atoms with Gasteiger partial charge in [0, 0.05) is 19.6 Å². The van der Waals surface area contributed by atoms with Crippen molar-refractivity contribution in [3.05, 3.63) is 17.8 Å². The number of halogens is 1. The van der Waals surface area contributed by atoms with E-state index in [0.29, 0.717) is 26.2 Å². The molecule has 1 aromatic heterocycles. The molecule has 0 aliphatic carbocycles. The predicted octanol–water partition coefficient (Wildman–Crippen LogP) is 1.29. The Kier molecular flexibility index (Phi) is 5.16. The summed E-state index contributed by atoms with van der Waals surface area (Å²) in [4.78, 5) is 7.00. The largest absolute Gasteiger partial charge is 0.476 e. The molecule has 86 valence electrons. The Hall–Kier alpha value is -1.74. The van der Waals surface area contributed by atoms with Crippen molar-refractivity contribution < 1.29 is 13.9 Å². The summed E-state index contributed by atoms with van der Waals surface area (Å²) in [6.07, 6.45) is 1.59. The smallest absolute Gasteiger partial charge is 0.251 e. The number of nitrogens with zero attached hydrogens (tertiary/aromatic N) is 3. The first-order valence-electron chi connectivity index (χ1n) is 4.91. The van der Waals surface area contributed by atoms with E-state index in [4.69, 9.17) is 14.7 Å². The molecule has 6 heteroatoms. The van der Waals surface area contributed by atoms with Crippen molar-refractivity contribution in [3.63, 3.8) is 0 Å².